The topological polar surface area (TPSA) is 57.6 Å². The molecule has 1 atom stereocenters. The van der Waals surface area contributed by atoms with Crippen LogP contribution in [0.1, 0.15) is 54.6 Å². The quantitative estimate of drug-likeness (QED) is 0.299. The van der Waals surface area contributed by atoms with Gasteiger partial charge in [-0.05, 0) is 59.7 Å². The van der Waals surface area contributed by atoms with E-state index in [4.69, 9.17) is 0 Å². The first kappa shape index (κ1) is 22.5. The number of anilines is 1. The first-order chi connectivity index (χ1) is 15.6. The van der Waals surface area contributed by atoms with Crippen molar-refractivity contribution in [2.24, 2.45) is 0 Å². The predicted molar refractivity (Wildman–Crippen MR) is 132 cm³/mol. The number of Topliss-reactive ketones (excluding diaryl/α,β-unsaturated/α-hetero) is 1. The number of aliphatic hydroxyl groups excluding tert-OH is 1. The SMILES string of the molecule is Cc1ccc(C(C)(C)C)cc1/C(O)=C1\C(=O)C(=O)N(c2ccccc2)C1c1ccccc1C. The zero-order valence-electron chi connectivity index (χ0n) is 19.7. The number of benzene rings is 3. The van der Waals surface area contributed by atoms with Crippen molar-refractivity contribution in [3.63, 3.8) is 0 Å². The highest BCUT2D eigenvalue weighted by Gasteiger charge is 2.47. The van der Waals surface area contributed by atoms with Crippen molar-refractivity contribution < 1.29 is 14.7 Å². The summed E-state index contributed by atoms with van der Waals surface area (Å²) in [5.74, 6) is -1.45. The number of aryl methyl sites for hydroxylation is 2. The molecule has 168 valence electrons. The highest BCUT2D eigenvalue weighted by Crippen LogP contribution is 2.43. The molecule has 1 amide bonds. The first-order valence-corrected chi connectivity index (χ1v) is 11.1. The maximum atomic E-state index is 13.4. The van der Waals surface area contributed by atoms with Crippen molar-refractivity contribution in [1.29, 1.82) is 0 Å². The lowest BCUT2D eigenvalue weighted by Crippen LogP contribution is -2.29. The Kier molecular flexibility index (Phi) is 5.71. The van der Waals surface area contributed by atoms with E-state index in [0.717, 1.165) is 22.3 Å². The number of carbonyl (C=O) groups excluding carboxylic acids is 2. The smallest absolute Gasteiger partial charge is 0.300 e. The van der Waals surface area contributed by atoms with Crippen molar-refractivity contribution in [3.8, 4) is 0 Å². The van der Waals surface area contributed by atoms with E-state index in [1.807, 2.05) is 86.6 Å². The number of carbonyl (C=O) groups is 2. The molecular formula is C29H29NO3. The van der Waals surface area contributed by atoms with Crippen molar-refractivity contribution >= 4 is 23.1 Å². The molecule has 0 bridgehead atoms. The molecular weight excluding hydrogens is 410 g/mol. The third-order valence-electron chi connectivity index (χ3n) is 6.32. The molecule has 1 heterocycles. The van der Waals surface area contributed by atoms with E-state index in [1.54, 1.807) is 0 Å². The number of aliphatic hydroxyl groups is 1. The van der Waals surface area contributed by atoms with Gasteiger partial charge >= 0.3 is 0 Å². The molecule has 0 aliphatic carbocycles. The Hall–Kier alpha value is -3.66. The van der Waals surface area contributed by atoms with Gasteiger partial charge in [0.2, 0.25) is 0 Å². The molecule has 1 aliphatic heterocycles. The van der Waals surface area contributed by atoms with Crippen LogP contribution in [0.3, 0.4) is 0 Å². The molecule has 0 spiro atoms. The van der Waals surface area contributed by atoms with Crippen LogP contribution in [0.2, 0.25) is 0 Å². The van der Waals surface area contributed by atoms with E-state index in [-0.39, 0.29) is 16.7 Å². The van der Waals surface area contributed by atoms with E-state index in [0.29, 0.717) is 11.3 Å². The number of para-hydroxylation sites is 1. The number of rotatable bonds is 3. The molecule has 4 heteroatoms. The molecule has 1 saturated heterocycles. The standard InChI is InChI=1S/C29H29NO3/c1-18-11-9-10-14-22(18)25-24(27(32)28(33)30(25)21-12-7-6-8-13-21)26(31)23-17-20(29(3,4)5)16-15-19(23)2/h6-17,25,31H,1-5H3/b26-24+. The summed E-state index contributed by atoms with van der Waals surface area (Å²) in [6, 6.07) is 22.0. The van der Waals surface area contributed by atoms with Gasteiger partial charge in [-0.1, -0.05) is 75.4 Å². The van der Waals surface area contributed by atoms with Gasteiger partial charge in [-0.3, -0.25) is 14.5 Å². The summed E-state index contributed by atoms with van der Waals surface area (Å²) in [6.45, 7) is 10.2. The second kappa shape index (κ2) is 8.36. The van der Waals surface area contributed by atoms with Gasteiger partial charge in [0.25, 0.3) is 11.7 Å². The van der Waals surface area contributed by atoms with Crippen molar-refractivity contribution in [3.05, 3.63) is 106 Å². The maximum absolute atomic E-state index is 13.4. The first-order valence-electron chi connectivity index (χ1n) is 11.1. The molecule has 3 aromatic carbocycles. The summed E-state index contributed by atoms with van der Waals surface area (Å²) in [4.78, 5) is 28.2. The van der Waals surface area contributed by atoms with Crippen LogP contribution in [-0.2, 0) is 15.0 Å². The Labute approximate surface area is 195 Å². The lowest BCUT2D eigenvalue weighted by Gasteiger charge is -2.27. The maximum Gasteiger partial charge on any atom is 0.300 e. The molecule has 1 fully saturated rings. The Morgan fingerprint density at radius 3 is 2.12 bits per heavy atom. The minimum absolute atomic E-state index is 0.118. The molecule has 3 aromatic rings. The summed E-state index contributed by atoms with van der Waals surface area (Å²) in [7, 11) is 0. The zero-order chi connectivity index (χ0) is 23.9. The highest BCUT2D eigenvalue weighted by atomic mass is 16.3. The van der Waals surface area contributed by atoms with Crippen LogP contribution in [0, 0.1) is 13.8 Å². The number of ketones is 1. The van der Waals surface area contributed by atoms with Gasteiger partial charge in [-0.25, -0.2) is 0 Å². The molecule has 0 radical (unpaired) electrons. The van der Waals surface area contributed by atoms with Crippen LogP contribution in [0.25, 0.3) is 5.76 Å². The largest absolute Gasteiger partial charge is 0.507 e. The van der Waals surface area contributed by atoms with Gasteiger partial charge in [-0.15, -0.1) is 0 Å². The fourth-order valence-corrected chi connectivity index (χ4v) is 4.36. The number of hydrogen-bond acceptors (Lipinski definition) is 3. The number of amides is 1. The summed E-state index contributed by atoms with van der Waals surface area (Å²) in [5.41, 5.74) is 4.82. The van der Waals surface area contributed by atoms with Crippen LogP contribution < -0.4 is 4.90 Å². The molecule has 0 saturated carbocycles. The van der Waals surface area contributed by atoms with Gasteiger partial charge in [0.1, 0.15) is 5.76 Å². The Bertz CT molecular complexity index is 1270. The minimum atomic E-state index is -0.716. The third kappa shape index (κ3) is 3.97. The average Bonchev–Trinajstić information content (AvgIpc) is 3.04. The van der Waals surface area contributed by atoms with Crippen LogP contribution in [0.15, 0.2) is 78.4 Å². The fourth-order valence-electron chi connectivity index (χ4n) is 4.36. The lowest BCUT2D eigenvalue weighted by molar-refractivity contribution is -0.132. The van der Waals surface area contributed by atoms with E-state index in [2.05, 4.69) is 20.8 Å². The zero-order valence-corrected chi connectivity index (χ0v) is 19.7. The summed E-state index contributed by atoms with van der Waals surface area (Å²) >= 11 is 0. The van der Waals surface area contributed by atoms with Crippen LogP contribution in [-0.4, -0.2) is 16.8 Å². The van der Waals surface area contributed by atoms with Crippen LogP contribution >= 0.6 is 0 Å². The van der Waals surface area contributed by atoms with Crippen molar-refractivity contribution in [1.82, 2.24) is 0 Å². The van der Waals surface area contributed by atoms with Crippen molar-refractivity contribution in [2.75, 3.05) is 4.90 Å². The Morgan fingerprint density at radius 1 is 0.848 bits per heavy atom. The van der Waals surface area contributed by atoms with Gasteiger partial charge in [0.15, 0.2) is 0 Å². The van der Waals surface area contributed by atoms with Crippen molar-refractivity contribution in [2.45, 2.75) is 46.1 Å². The highest BCUT2D eigenvalue weighted by molar-refractivity contribution is 6.51. The summed E-state index contributed by atoms with van der Waals surface area (Å²) in [6.07, 6.45) is 0. The van der Waals surface area contributed by atoms with E-state index < -0.39 is 17.7 Å². The van der Waals surface area contributed by atoms with Gasteiger partial charge in [-0.2, -0.15) is 0 Å². The Balaban J connectivity index is 2.00. The second-order valence-corrected chi connectivity index (χ2v) is 9.64. The third-order valence-corrected chi connectivity index (χ3v) is 6.32. The number of nitrogens with zero attached hydrogens (tertiary/aromatic N) is 1. The summed E-state index contributed by atoms with van der Waals surface area (Å²) < 4.78 is 0. The normalized spacial score (nSPS) is 18.1. The van der Waals surface area contributed by atoms with Gasteiger partial charge in [0, 0.05) is 11.3 Å². The minimum Gasteiger partial charge on any atom is -0.507 e. The molecule has 1 unspecified atom stereocenters. The molecule has 33 heavy (non-hydrogen) atoms. The van der Waals surface area contributed by atoms with E-state index in [9.17, 15) is 14.7 Å². The van der Waals surface area contributed by atoms with Crippen LogP contribution in [0.4, 0.5) is 5.69 Å². The number of hydrogen-bond donors (Lipinski definition) is 1. The second-order valence-electron chi connectivity index (χ2n) is 9.64. The Morgan fingerprint density at radius 2 is 1.48 bits per heavy atom. The van der Waals surface area contributed by atoms with E-state index in [1.165, 1.54) is 4.90 Å². The fraction of sp³-hybridized carbons (Fsp3) is 0.241. The monoisotopic (exact) mass is 439 g/mol. The van der Waals surface area contributed by atoms with Crippen LogP contribution in [0.5, 0.6) is 0 Å². The molecule has 1 N–H and O–H groups in total. The molecule has 1 aliphatic rings. The average molecular weight is 440 g/mol. The lowest BCUT2D eigenvalue weighted by atomic mass is 9.84. The summed E-state index contributed by atoms with van der Waals surface area (Å²) in [5, 5.41) is 11.5. The molecule has 4 nitrogen and oxygen atoms in total. The van der Waals surface area contributed by atoms with Gasteiger partial charge in [0.05, 0.1) is 11.6 Å². The van der Waals surface area contributed by atoms with E-state index >= 15 is 0 Å². The molecule has 0 aromatic heterocycles. The predicted octanol–water partition coefficient (Wildman–Crippen LogP) is 6.23. The van der Waals surface area contributed by atoms with Gasteiger partial charge < -0.3 is 5.11 Å². The molecule has 4 rings (SSSR count).